The van der Waals surface area contributed by atoms with Crippen LogP contribution in [0.2, 0.25) is 0 Å². The Morgan fingerprint density at radius 3 is 2.81 bits per heavy atom. The van der Waals surface area contributed by atoms with Gasteiger partial charge in [-0.15, -0.1) is 0 Å². The van der Waals surface area contributed by atoms with E-state index in [0.717, 1.165) is 11.2 Å². The van der Waals surface area contributed by atoms with Gasteiger partial charge < -0.3 is 10.8 Å². The van der Waals surface area contributed by atoms with Crippen molar-refractivity contribution >= 4 is 12.1 Å². The Hall–Kier alpha value is -1.57. The molecule has 0 radical (unpaired) electrons. The number of primary amides is 1. The Labute approximate surface area is 89.0 Å². The molecule has 16 heavy (non-hydrogen) atoms. The van der Waals surface area contributed by atoms with Crippen LogP contribution in [0.4, 0.5) is 13.2 Å². The highest BCUT2D eigenvalue weighted by molar-refractivity contribution is 5.97. The van der Waals surface area contributed by atoms with Gasteiger partial charge in [-0.2, -0.15) is 18.3 Å². The molecular weight excluding hydrogens is 227 g/mol. The Morgan fingerprint density at radius 1 is 1.69 bits per heavy atom. The zero-order valence-electron chi connectivity index (χ0n) is 8.11. The van der Waals surface area contributed by atoms with Crippen LogP contribution in [0.3, 0.4) is 0 Å². The van der Waals surface area contributed by atoms with Gasteiger partial charge in [-0.1, -0.05) is 0 Å². The Morgan fingerprint density at radius 2 is 2.31 bits per heavy atom. The maximum Gasteiger partial charge on any atom is 0.416 e. The van der Waals surface area contributed by atoms with Gasteiger partial charge in [0.25, 0.3) is 0 Å². The number of amides is 1. The third-order valence-electron chi connectivity index (χ3n) is 1.94. The molecule has 0 aromatic carbocycles. The number of hydrazone groups is 1. The quantitative estimate of drug-likeness (QED) is 0.702. The fourth-order valence-corrected chi connectivity index (χ4v) is 1.08. The minimum atomic E-state index is -4.70. The lowest BCUT2D eigenvalue weighted by molar-refractivity contribution is -0.207. The molecule has 1 rings (SSSR count). The average Bonchev–Trinajstić information content (AvgIpc) is 2.16. The molecule has 0 aromatic rings. The van der Waals surface area contributed by atoms with Crippen LogP contribution in [0.15, 0.2) is 16.8 Å². The summed E-state index contributed by atoms with van der Waals surface area (Å²) in [5.74, 6) is -0.724. The molecule has 0 fully saturated rings. The Bertz CT molecular complexity index is 338. The molecule has 1 atom stereocenters. The third kappa shape index (κ3) is 3.23. The van der Waals surface area contributed by atoms with Gasteiger partial charge in [0.05, 0.1) is 13.1 Å². The second kappa shape index (κ2) is 4.52. The van der Waals surface area contributed by atoms with E-state index in [1.54, 1.807) is 0 Å². The smallest absolute Gasteiger partial charge is 0.382 e. The second-order valence-electron chi connectivity index (χ2n) is 3.23. The minimum Gasteiger partial charge on any atom is -0.382 e. The monoisotopic (exact) mass is 237 g/mol. The molecule has 1 aliphatic heterocycles. The fraction of sp³-hybridized carbons (Fsp3) is 0.500. The number of nitrogens with zero attached hydrogens (tertiary/aromatic N) is 2. The van der Waals surface area contributed by atoms with Crippen molar-refractivity contribution < 1.29 is 23.1 Å². The zero-order chi connectivity index (χ0) is 12.3. The molecule has 1 unspecified atom stereocenters. The van der Waals surface area contributed by atoms with Crippen molar-refractivity contribution in [2.24, 2.45) is 10.8 Å². The van der Waals surface area contributed by atoms with Gasteiger partial charge in [0.1, 0.15) is 0 Å². The number of β-amino-alcohol motifs (C(OH)–C–C–N with tert-alkyl or cyclic N) is 1. The van der Waals surface area contributed by atoms with Crippen LogP contribution in [0, 0.1) is 0 Å². The largest absolute Gasteiger partial charge is 0.416 e. The first-order valence-electron chi connectivity index (χ1n) is 4.33. The van der Waals surface area contributed by atoms with E-state index >= 15 is 0 Å². The van der Waals surface area contributed by atoms with E-state index in [9.17, 15) is 18.0 Å². The van der Waals surface area contributed by atoms with E-state index in [-0.39, 0.29) is 12.1 Å². The van der Waals surface area contributed by atoms with E-state index in [4.69, 9.17) is 10.8 Å². The standard InChI is InChI=1S/C8H10F3N3O2/c9-8(10,11)6(15)4-14-3-5(7(12)16)1-2-13-14/h1-2,6,15H,3-4H2,(H2,12,16). The van der Waals surface area contributed by atoms with Crippen molar-refractivity contribution in [3.63, 3.8) is 0 Å². The van der Waals surface area contributed by atoms with Gasteiger partial charge in [0.2, 0.25) is 5.91 Å². The average molecular weight is 237 g/mol. The Kier molecular flexibility index (Phi) is 3.53. The number of hydrogen-bond donors (Lipinski definition) is 2. The van der Waals surface area contributed by atoms with Crippen LogP contribution in [0.25, 0.3) is 0 Å². The summed E-state index contributed by atoms with van der Waals surface area (Å²) in [5, 5.41) is 13.3. The van der Waals surface area contributed by atoms with Gasteiger partial charge in [-0.3, -0.25) is 9.80 Å². The highest BCUT2D eigenvalue weighted by Gasteiger charge is 2.39. The molecule has 90 valence electrons. The maximum atomic E-state index is 12.0. The minimum absolute atomic E-state index is 0.140. The van der Waals surface area contributed by atoms with Crippen LogP contribution < -0.4 is 5.73 Å². The van der Waals surface area contributed by atoms with Crippen LogP contribution in [0.1, 0.15) is 0 Å². The number of halogens is 3. The number of carbonyl (C=O) groups is 1. The number of allylic oxidation sites excluding steroid dienone is 1. The van der Waals surface area contributed by atoms with E-state index in [2.05, 4.69) is 5.10 Å². The molecule has 0 spiro atoms. The number of carbonyl (C=O) groups excluding carboxylic acids is 1. The van der Waals surface area contributed by atoms with Crippen LogP contribution in [0.5, 0.6) is 0 Å². The number of nitrogens with two attached hydrogens (primary N) is 1. The molecule has 1 amide bonds. The normalized spacial score (nSPS) is 18.2. The maximum absolute atomic E-state index is 12.0. The summed E-state index contributed by atoms with van der Waals surface area (Å²) < 4.78 is 36.1. The van der Waals surface area contributed by atoms with Crippen molar-refractivity contribution in [1.82, 2.24) is 5.01 Å². The van der Waals surface area contributed by atoms with E-state index in [1.165, 1.54) is 6.08 Å². The SMILES string of the molecule is NC(=O)C1=CC=NN(CC(O)C(F)(F)F)C1. The summed E-state index contributed by atoms with van der Waals surface area (Å²) in [4.78, 5) is 10.8. The van der Waals surface area contributed by atoms with Gasteiger partial charge in [-0.25, -0.2) is 0 Å². The first-order valence-corrected chi connectivity index (χ1v) is 4.33. The van der Waals surface area contributed by atoms with Gasteiger partial charge in [-0.05, 0) is 6.08 Å². The molecule has 0 aliphatic carbocycles. The van der Waals surface area contributed by atoms with E-state index in [0.29, 0.717) is 0 Å². The highest BCUT2D eigenvalue weighted by atomic mass is 19.4. The zero-order valence-corrected chi connectivity index (χ0v) is 8.11. The summed E-state index contributed by atoms with van der Waals surface area (Å²) in [6, 6.07) is 0. The predicted octanol–water partition coefficient (Wildman–Crippen LogP) is -0.377. The van der Waals surface area contributed by atoms with Crippen molar-refractivity contribution in [2.45, 2.75) is 12.3 Å². The van der Waals surface area contributed by atoms with Gasteiger partial charge in [0, 0.05) is 11.8 Å². The molecule has 0 aromatic heterocycles. The molecule has 5 nitrogen and oxygen atoms in total. The number of rotatable bonds is 3. The lowest BCUT2D eigenvalue weighted by Crippen LogP contribution is -2.41. The first kappa shape index (κ1) is 12.5. The van der Waals surface area contributed by atoms with Gasteiger partial charge in [0.15, 0.2) is 6.10 Å². The van der Waals surface area contributed by atoms with E-state index in [1.807, 2.05) is 0 Å². The summed E-state index contributed by atoms with van der Waals surface area (Å²) >= 11 is 0. The molecule has 8 heteroatoms. The predicted molar refractivity (Wildman–Crippen MR) is 49.4 cm³/mol. The van der Waals surface area contributed by atoms with Crippen LogP contribution in [-0.4, -0.2) is 47.6 Å². The summed E-state index contributed by atoms with van der Waals surface area (Å²) in [6.07, 6.45) is -4.73. The lowest BCUT2D eigenvalue weighted by Gasteiger charge is -2.25. The molecule has 0 bridgehead atoms. The second-order valence-corrected chi connectivity index (χ2v) is 3.23. The molecule has 1 heterocycles. The van der Waals surface area contributed by atoms with Crippen molar-refractivity contribution in [2.75, 3.05) is 13.1 Å². The summed E-state index contributed by atoms with van der Waals surface area (Å²) in [7, 11) is 0. The number of hydrogen-bond acceptors (Lipinski definition) is 4. The topological polar surface area (TPSA) is 78.9 Å². The summed E-state index contributed by atoms with van der Waals surface area (Å²) in [6.45, 7) is -0.871. The summed E-state index contributed by atoms with van der Waals surface area (Å²) in [5.41, 5.74) is 5.11. The van der Waals surface area contributed by atoms with E-state index < -0.39 is 24.7 Å². The molecule has 0 saturated carbocycles. The third-order valence-corrected chi connectivity index (χ3v) is 1.94. The number of alkyl halides is 3. The lowest BCUT2D eigenvalue weighted by atomic mass is 10.2. The van der Waals surface area contributed by atoms with Gasteiger partial charge >= 0.3 is 6.18 Å². The molecule has 0 saturated heterocycles. The van der Waals surface area contributed by atoms with Crippen LogP contribution in [-0.2, 0) is 4.79 Å². The van der Waals surface area contributed by atoms with Crippen molar-refractivity contribution in [3.05, 3.63) is 11.6 Å². The van der Waals surface area contributed by atoms with Crippen molar-refractivity contribution in [3.8, 4) is 0 Å². The molecular formula is C8H10F3N3O2. The molecule has 1 aliphatic rings. The Balaban J connectivity index is 2.57. The molecule has 3 N–H and O–H groups in total. The first-order chi connectivity index (χ1) is 7.30. The van der Waals surface area contributed by atoms with Crippen molar-refractivity contribution in [1.29, 1.82) is 0 Å². The van der Waals surface area contributed by atoms with Crippen LogP contribution >= 0.6 is 0 Å². The number of aliphatic hydroxyl groups is 1. The fourth-order valence-electron chi connectivity index (χ4n) is 1.08. The highest BCUT2D eigenvalue weighted by Crippen LogP contribution is 2.21. The number of aliphatic hydroxyl groups excluding tert-OH is 1.